The van der Waals surface area contributed by atoms with Crippen molar-refractivity contribution in [3.05, 3.63) is 73.4 Å². The monoisotopic (exact) mass is 424 g/mol. The molecule has 8 heteroatoms. The molecule has 0 aliphatic carbocycles. The Bertz CT molecular complexity index is 1020. The van der Waals surface area contributed by atoms with Crippen LogP contribution in [-0.4, -0.2) is 11.7 Å². The molecule has 1 saturated heterocycles. The van der Waals surface area contributed by atoms with Gasteiger partial charge in [0.15, 0.2) is 5.76 Å². The third-order valence-electron chi connectivity index (χ3n) is 3.77. The van der Waals surface area contributed by atoms with Crippen LogP contribution >= 0.6 is 46.4 Å². The van der Waals surface area contributed by atoms with Crippen LogP contribution in [0.5, 0.6) is 0 Å². The number of ketones is 1. The van der Waals surface area contributed by atoms with E-state index in [1.807, 2.05) is 6.07 Å². The number of nitrogens with one attached hydrogen (secondary N) is 1. The largest absolute Gasteiger partial charge is 0.437 e. The molecule has 1 aliphatic heterocycles. The van der Waals surface area contributed by atoms with E-state index in [1.165, 1.54) is 18.2 Å². The minimum Gasteiger partial charge on any atom is -0.437 e. The van der Waals surface area contributed by atoms with Gasteiger partial charge in [-0.15, -0.1) is 0 Å². The number of Topliss-reactive ketones (excluding diaryl/α,β-unsaturated/α-hetero) is 1. The highest BCUT2D eigenvalue weighted by Crippen LogP contribution is 2.39. The van der Waals surface area contributed by atoms with E-state index in [-0.39, 0.29) is 32.8 Å². The molecule has 0 amide bonds. The number of allylic oxidation sites excluding steroid dienone is 2. The van der Waals surface area contributed by atoms with Crippen LogP contribution < -0.4 is 0 Å². The summed E-state index contributed by atoms with van der Waals surface area (Å²) < 4.78 is 5.33. The van der Waals surface area contributed by atoms with E-state index in [0.29, 0.717) is 15.6 Å². The van der Waals surface area contributed by atoms with Gasteiger partial charge < -0.3 is 4.74 Å². The summed E-state index contributed by atoms with van der Waals surface area (Å²) in [5.74, 6) is -2.18. The van der Waals surface area contributed by atoms with Crippen molar-refractivity contribution in [2.45, 2.75) is 5.92 Å². The summed E-state index contributed by atoms with van der Waals surface area (Å²) >= 11 is 24.0. The van der Waals surface area contributed by atoms with Crippen LogP contribution in [0.15, 0.2) is 42.2 Å². The fraction of sp³-hybridized carbons (Fsp3) is 0.0556. The zero-order valence-electron chi connectivity index (χ0n) is 12.8. The van der Waals surface area contributed by atoms with Crippen molar-refractivity contribution in [3.8, 4) is 6.07 Å². The SMILES string of the molecule is N#CC(=C1OC(=N)C(c2ccc(Cl)cc2Cl)C1=O)c1ccc(Cl)cc1Cl. The lowest BCUT2D eigenvalue weighted by molar-refractivity contribution is -0.115. The maximum atomic E-state index is 12.9. The summed E-state index contributed by atoms with van der Waals surface area (Å²) in [5, 5.41) is 18.8. The summed E-state index contributed by atoms with van der Waals surface area (Å²) in [7, 11) is 0. The van der Waals surface area contributed by atoms with Crippen molar-refractivity contribution in [2.75, 3.05) is 0 Å². The van der Waals surface area contributed by atoms with Crippen LogP contribution in [0.25, 0.3) is 5.57 Å². The molecule has 1 unspecified atom stereocenters. The Kier molecular flexibility index (Phi) is 5.27. The highest BCUT2D eigenvalue weighted by Gasteiger charge is 2.41. The molecule has 0 spiro atoms. The van der Waals surface area contributed by atoms with Gasteiger partial charge in [-0.25, -0.2) is 0 Å². The first-order chi connectivity index (χ1) is 12.3. The number of carbonyl (C=O) groups excluding carboxylic acids is 1. The van der Waals surface area contributed by atoms with Gasteiger partial charge in [-0.3, -0.25) is 10.2 Å². The molecule has 130 valence electrons. The number of halogens is 4. The zero-order valence-corrected chi connectivity index (χ0v) is 15.8. The van der Waals surface area contributed by atoms with Gasteiger partial charge >= 0.3 is 0 Å². The smallest absolute Gasteiger partial charge is 0.216 e. The summed E-state index contributed by atoms with van der Waals surface area (Å²) in [6.07, 6.45) is 0. The second-order valence-corrected chi connectivity index (χ2v) is 7.06. The number of hydrogen-bond donors (Lipinski definition) is 1. The summed E-state index contributed by atoms with van der Waals surface area (Å²) in [6, 6.07) is 11.0. The van der Waals surface area contributed by atoms with E-state index in [9.17, 15) is 10.1 Å². The fourth-order valence-electron chi connectivity index (χ4n) is 2.59. The van der Waals surface area contributed by atoms with Crippen LogP contribution in [0.1, 0.15) is 17.0 Å². The average molecular weight is 426 g/mol. The molecular weight excluding hydrogens is 418 g/mol. The van der Waals surface area contributed by atoms with Gasteiger partial charge in [0.1, 0.15) is 17.6 Å². The third kappa shape index (κ3) is 3.32. The Morgan fingerprint density at radius 2 is 1.65 bits per heavy atom. The minimum atomic E-state index is -1.05. The van der Waals surface area contributed by atoms with Crippen molar-refractivity contribution in [1.29, 1.82) is 10.7 Å². The molecule has 2 aromatic rings. The molecule has 1 N–H and O–H groups in total. The molecule has 26 heavy (non-hydrogen) atoms. The Morgan fingerprint density at radius 3 is 2.23 bits per heavy atom. The molecule has 2 aromatic carbocycles. The Labute approximate surface area is 169 Å². The molecule has 4 nitrogen and oxygen atoms in total. The molecule has 1 heterocycles. The number of ether oxygens (including phenoxy) is 1. The van der Waals surface area contributed by atoms with Crippen molar-refractivity contribution < 1.29 is 9.53 Å². The van der Waals surface area contributed by atoms with E-state index in [4.69, 9.17) is 56.5 Å². The molecule has 1 fully saturated rings. The number of benzene rings is 2. The lowest BCUT2D eigenvalue weighted by atomic mass is 9.93. The lowest BCUT2D eigenvalue weighted by Crippen LogP contribution is -2.13. The quantitative estimate of drug-likeness (QED) is 0.481. The van der Waals surface area contributed by atoms with Gasteiger partial charge in [-0.2, -0.15) is 5.26 Å². The number of nitrogens with zero attached hydrogens (tertiary/aromatic N) is 1. The number of nitriles is 1. The normalized spacial score (nSPS) is 18.5. The number of rotatable bonds is 2. The van der Waals surface area contributed by atoms with Gasteiger partial charge in [0.05, 0.1) is 5.02 Å². The molecular formula is C18H8Cl4N2O2. The number of carbonyl (C=O) groups is 1. The van der Waals surface area contributed by atoms with Gasteiger partial charge in [-0.05, 0) is 29.8 Å². The highest BCUT2D eigenvalue weighted by molar-refractivity contribution is 6.37. The standard InChI is InChI=1S/C18H8Cl4N2O2/c19-8-1-3-10(13(21)5-8)12(7-23)17-16(25)15(18(24)26-17)11-4-2-9(20)6-14(11)22/h1-6,15,24H. The molecule has 1 atom stereocenters. The van der Waals surface area contributed by atoms with Crippen molar-refractivity contribution in [3.63, 3.8) is 0 Å². The zero-order chi connectivity index (χ0) is 19.0. The van der Waals surface area contributed by atoms with Gasteiger partial charge in [0, 0.05) is 20.6 Å². The molecule has 0 bridgehead atoms. The highest BCUT2D eigenvalue weighted by atomic mass is 35.5. The second kappa shape index (κ2) is 7.30. The first-order valence-corrected chi connectivity index (χ1v) is 8.70. The van der Waals surface area contributed by atoms with E-state index in [2.05, 4.69) is 0 Å². The maximum Gasteiger partial charge on any atom is 0.216 e. The van der Waals surface area contributed by atoms with Crippen molar-refractivity contribution in [2.24, 2.45) is 0 Å². The maximum absolute atomic E-state index is 12.9. The van der Waals surface area contributed by atoms with Crippen LogP contribution in [0.3, 0.4) is 0 Å². The Morgan fingerprint density at radius 1 is 1.04 bits per heavy atom. The first-order valence-electron chi connectivity index (χ1n) is 7.18. The molecule has 0 saturated carbocycles. The molecule has 1 aliphatic rings. The second-order valence-electron chi connectivity index (χ2n) is 5.37. The predicted molar refractivity (Wildman–Crippen MR) is 102 cm³/mol. The van der Waals surface area contributed by atoms with E-state index >= 15 is 0 Å². The topological polar surface area (TPSA) is 73.9 Å². The summed E-state index contributed by atoms with van der Waals surface area (Å²) in [6.45, 7) is 0. The van der Waals surface area contributed by atoms with E-state index in [1.54, 1.807) is 18.2 Å². The fourth-order valence-corrected chi connectivity index (χ4v) is 3.61. The molecule has 0 radical (unpaired) electrons. The first kappa shape index (κ1) is 18.8. The van der Waals surface area contributed by atoms with Crippen LogP contribution in [0.4, 0.5) is 0 Å². The summed E-state index contributed by atoms with van der Waals surface area (Å²) in [5.41, 5.74) is 0.590. The minimum absolute atomic E-state index is 0.0750. The number of hydrogen-bond acceptors (Lipinski definition) is 4. The third-order valence-corrected chi connectivity index (χ3v) is 4.88. The molecule has 0 aromatic heterocycles. The van der Waals surface area contributed by atoms with Gasteiger partial charge in [0.25, 0.3) is 0 Å². The van der Waals surface area contributed by atoms with Gasteiger partial charge in [0.2, 0.25) is 11.7 Å². The van der Waals surface area contributed by atoms with Crippen molar-refractivity contribution >= 4 is 63.7 Å². The summed E-state index contributed by atoms with van der Waals surface area (Å²) in [4.78, 5) is 12.9. The molecule has 3 rings (SSSR count). The van der Waals surface area contributed by atoms with E-state index < -0.39 is 11.7 Å². The van der Waals surface area contributed by atoms with Crippen LogP contribution in [0, 0.1) is 16.7 Å². The predicted octanol–water partition coefficient (Wildman–Crippen LogP) is 5.90. The van der Waals surface area contributed by atoms with Gasteiger partial charge in [-0.1, -0.05) is 58.5 Å². The van der Waals surface area contributed by atoms with E-state index in [0.717, 1.165) is 0 Å². The average Bonchev–Trinajstić information content (AvgIpc) is 2.85. The Balaban J connectivity index is 2.12. The van der Waals surface area contributed by atoms with Crippen molar-refractivity contribution in [1.82, 2.24) is 0 Å². The lowest BCUT2D eigenvalue weighted by Gasteiger charge is -2.08. The van der Waals surface area contributed by atoms with Crippen LogP contribution in [0.2, 0.25) is 20.1 Å². The Hall–Kier alpha value is -2.03. The van der Waals surface area contributed by atoms with Crippen LogP contribution in [-0.2, 0) is 9.53 Å².